The Hall–Kier alpha value is -2.51. The van der Waals surface area contributed by atoms with E-state index in [1.165, 1.54) is 27.1 Å². The van der Waals surface area contributed by atoms with Crippen LogP contribution in [0.3, 0.4) is 0 Å². The van der Waals surface area contributed by atoms with Gasteiger partial charge in [-0.25, -0.2) is 8.93 Å². The van der Waals surface area contributed by atoms with Crippen LogP contribution in [-0.2, 0) is 13.0 Å². The van der Waals surface area contributed by atoms with E-state index in [-0.39, 0.29) is 0 Å². The Morgan fingerprint density at radius 3 is 2.70 bits per heavy atom. The van der Waals surface area contributed by atoms with Crippen LogP contribution in [0.25, 0.3) is 17.1 Å². The lowest BCUT2D eigenvalue weighted by atomic mass is 10.0. The van der Waals surface area contributed by atoms with Crippen LogP contribution in [0.4, 0.5) is 0 Å². The number of aromatic nitrogens is 2. The SMILES string of the molecule is C=C/C=C\c1cccc(Sc2ccc(SN3CCc4cc(Cl)ccc4C3)c3nonc23)c1C. The van der Waals surface area contributed by atoms with Gasteiger partial charge in [-0.05, 0) is 88.2 Å². The van der Waals surface area contributed by atoms with E-state index in [1.54, 1.807) is 29.8 Å². The highest BCUT2D eigenvalue weighted by molar-refractivity contribution is 7.99. The molecule has 3 aromatic carbocycles. The Morgan fingerprint density at radius 2 is 1.85 bits per heavy atom. The van der Waals surface area contributed by atoms with E-state index in [0.29, 0.717) is 0 Å². The fourth-order valence-electron chi connectivity index (χ4n) is 3.90. The number of fused-ring (bicyclic) bond motifs is 2. The summed E-state index contributed by atoms with van der Waals surface area (Å²) < 4.78 is 7.52. The minimum atomic E-state index is 0.792. The molecule has 1 aliphatic heterocycles. The predicted octanol–water partition coefficient (Wildman–Crippen LogP) is 7.60. The molecule has 0 bridgehead atoms. The minimum absolute atomic E-state index is 0.792. The van der Waals surface area contributed by atoms with E-state index >= 15 is 0 Å². The lowest BCUT2D eigenvalue weighted by Crippen LogP contribution is -2.24. The monoisotopic (exact) mass is 491 g/mol. The van der Waals surface area contributed by atoms with Crippen LogP contribution in [0.5, 0.6) is 0 Å². The lowest BCUT2D eigenvalue weighted by molar-refractivity contribution is 0.314. The molecule has 1 aliphatic rings. The summed E-state index contributed by atoms with van der Waals surface area (Å²) in [6, 6.07) is 16.7. The normalized spacial score (nSPS) is 14.1. The molecule has 0 unspecified atom stereocenters. The maximum atomic E-state index is 6.16. The zero-order valence-electron chi connectivity index (χ0n) is 18.1. The molecular weight excluding hydrogens is 470 g/mol. The molecule has 5 rings (SSSR count). The standard InChI is InChI=1S/C26H22ClN3OS2/c1-3-4-6-18-7-5-8-22(17(18)2)32-23-11-12-24(26-25(23)28-31-29-26)33-30-14-13-19-15-21(27)10-9-20(19)16-30/h3-12,15H,1,13-14,16H2,2H3/b6-4-. The van der Waals surface area contributed by atoms with E-state index in [9.17, 15) is 0 Å². The molecule has 0 spiro atoms. The highest BCUT2D eigenvalue weighted by Gasteiger charge is 2.21. The van der Waals surface area contributed by atoms with Gasteiger partial charge in [0, 0.05) is 27.9 Å². The van der Waals surface area contributed by atoms with Crippen LogP contribution >= 0.6 is 35.3 Å². The van der Waals surface area contributed by atoms with E-state index < -0.39 is 0 Å². The van der Waals surface area contributed by atoms with Gasteiger partial charge in [0.2, 0.25) is 0 Å². The Morgan fingerprint density at radius 1 is 1.03 bits per heavy atom. The zero-order chi connectivity index (χ0) is 22.8. The molecule has 4 nitrogen and oxygen atoms in total. The summed E-state index contributed by atoms with van der Waals surface area (Å²) in [6.45, 7) is 7.71. The maximum Gasteiger partial charge on any atom is 0.151 e. The van der Waals surface area contributed by atoms with Gasteiger partial charge < -0.3 is 0 Å². The fraction of sp³-hybridized carbons (Fsp3) is 0.154. The van der Waals surface area contributed by atoms with Crippen molar-refractivity contribution < 1.29 is 4.63 Å². The van der Waals surface area contributed by atoms with Crippen molar-refractivity contribution in [2.24, 2.45) is 0 Å². The first kappa shape index (κ1) is 22.3. The van der Waals surface area contributed by atoms with Crippen molar-refractivity contribution in [3.63, 3.8) is 0 Å². The molecule has 0 atom stereocenters. The third-order valence-electron chi connectivity index (χ3n) is 5.67. The third-order valence-corrected chi connectivity index (χ3v) is 8.21. The highest BCUT2D eigenvalue weighted by atomic mass is 35.5. The second kappa shape index (κ2) is 9.77. The number of halogens is 1. The Bertz CT molecular complexity index is 1370. The van der Waals surface area contributed by atoms with Gasteiger partial charge in [0.15, 0.2) is 5.52 Å². The first-order valence-electron chi connectivity index (χ1n) is 10.6. The smallest absolute Gasteiger partial charge is 0.151 e. The lowest BCUT2D eigenvalue weighted by Gasteiger charge is -2.27. The van der Waals surface area contributed by atoms with Gasteiger partial charge in [0.25, 0.3) is 0 Å². The van der Waals surface area contributed by atoms with Crippen LogP contribution in [-0.4, -0.2) is 21.2 Å². The molecular formula is C26H22ClN3OS2. The van der Waals surface area contributed by atoms with Crippen molar-refractivity contribution in [3.05, 3.63) is 94.5 Å². The van der Waals surface area contributed by atoms with E-state index in [1.807, 2.05) is 12.1 Å². The zero-order valence-corrected chi connectivity index (χ0v) is 20.5. The van der Waals surface area contributed by atoms with Gasteiger partial charge in [-0.3, -0.25) is 0 Å². The summed E-state index contributed by atoms with van der Waals surface area (Å²) in [5, 5.41) is 9.27. The first-order valence-corrected chi connectivity index (χ1v) is 12.6. The summed E-state index contributed by atoms with van der Waals surface area (Å²) in [4.78, 5) is 3.26. The van der Waals surface area contributed by atoms with Gasteiger partial charge in [0.1, 0.15) is 5.52 Å². The van der Waals surface area contributed by atoms with Crippen molar-refractivity contribution in [1.82, 2.24) is 14.6 Å². The number of rotatable bonds is 6. The van der Waals surface area contributed by atoms with Crippen molar-refractivity contribution in [2.75, 3.05) is 6.54 Å². The molecule has 0 saturated heterocycles. The molecule has 0 N–H and O–H groups in total. The first-order chi connectivity index (χ1) is 16.1. The number of benzene rings is 3. The van der Waals surface area contributed by atoms with Crippen molar-refractivity contribution in [3.8, 4) is 0 Å². The van der Waals surface area contributed by atoms with Gasteiger partial charge in [-0.2, -0.15) is 0 Å². The summed E-state index contributed by atoms with van der Waals surface area (Å²) in [5.74, 6) is 0. The fourth-order valence-corrected chi connectivity index (χ4v) is 6.13. The molecule has 0 saturated carbocycles. The number of nitrogens with zero attached hydrogens (tertiary/aromatic N) is 3. The van der Waals surface area contributed by atoms with Crippen LogP contribution in [0.2, 0.25) is 5.02 Å². The van der Waals surface area contributed by atoms with Crippen LogP contribution in [0.1, 0.15) is 22.3 Å². The largest absolute Gasteiger partial charge is 0.243 e. The Balaban J connectivity index is 1.39. The predicted molar refractivity (Wildman–Crippen MR) is 138 cm³/mol. The Kier molecular flexibility index (Phi) is 6.60. The molecule has 0 amide bonds. The summed E-state index contributed by atoms with van der Waals surface area (Å²) in [7, 11) is 0. The number of hydrogen-bond acceptors (Lipinski definition) is 6. The number of hydrogen-bond donors (Lipinski definition) is 0. The molecule has 4 aromatic rings. The molecule has 2 heterocycles. The molecule has 0 aliphatic carbocycles. The van der Waals surface area contributed by atoms with Gasteiger partial charge in [0.05, 0.1) is 4.90 Å². The van der Waals surface area contributed by atoms with Gasteiger partial charge in [-0.15, -0.1) is 0 Å². The maximum absolute atomic E-state index is 6.16. The summed E-state index contributed by atoms with van der Waals surface area (Å²) >= 11 is 9.55. The molecule has 33 heavy (non-hydrogen) atoms. The molecule has 7 heteroatoms. The van der Waals surface area contributed by atoms with Crippen molar-refractivity contribution in [2.45, 2.75) is 34.6 Å². The van der Waals surface area contributed by atoms with E-state index in [2.05, 4.69) is 76.7 Å². The third kappa shape index (κ3) is 4.75. The molecule has 166 valence electrons. The van der Waals surface area contributed by atoms with Gasteiger partial charge >= 0.3 is 0 Å². The highest BCUT2D eigenvalue weighted by Crippen LogP contribution is 2.40. The van der Waals surface area contributed by atoms with E-state index in [4.69, 9.17) is 16.2 Å². The quantitative estimate of drug-likeness (QED) is 0.204. The van der Waals surface area contributed by atoms with Crippen molar-refractivity contribution in [1.29, 1.82) is 0 Å². The second-order valence-corrected chi connectivity index (χ2v) is 10.5. The van der Waals surface area contributed by atoms with Crippen molar-refractivity contribution >= 4 is 52.4 Å². The number of allylic oxidation sites excluding steroid dienone is 2. The van der Waals surface area contributed by atoms with Crippen LogP contribution in [0.15, 0.2) is 86.6 Å². The van der Waals surface area contributed by atoms with Crippen LogP contribution in [0, 0.1) is 6.92 Å². The summed E-state index contributed by atoms with van der Waals surface area (Å²) in [5.41, 5.74) is 6.64. The topological polar surface area (TPSA) is 42.2 Å². The van der Waals surface area contributed by atoms with E-state index in [0.717, 1.165) is 45.4 Å². The Labute approximate surface area is 206 Å². The average molecular weight is 492 g/mol. The van der Waals surface area contributed by atoms with Gasteiger partial charge in [-0.1, -0.05) is 66.4 Å². The van der Waals surface area contributed by atoms with Crippen LogP contribution < -0.4 is 0 Å². The second-order valence-electron chi connectivity index (χ2n) is 7.81. The minimum Gasteiger partial charge on any atom is -0.243 e. The average Bonchev–Trinajstić information content (AvgIpc) is 3.32. The summed E-state index contributed by atoms with van der Waals surface area (Å²) in [6.07, 6.45) is 6.80. The molecule has 0 fully saturated rings. The molecule has 1 aromatic heterocycles. The molecule has 0 radical (unpaired) electrons.